The quantitative estimate of drug-likeness (QED) is 0.450. The third-order valence-electron chi connectivity index (χ3n) is 5.68. The summed E-state index contributed by atoms with van der Waals surface area (Å²) in [5.41, 5.74) is 2.20. The highest BCUT2D eigenvalue weighted by atomic mass is 35.5. The Bertz CT molecular complexity index is 1110. The lowest BCUT2D eigenvalue weighted by Crippen LogP contribution is -2.41. The molecular weight excluding hydrogens is 470 g/mol. The molecule has 2 rings (SSSR count). The van der Waals surface area contributed by atoms with Gasteiger partial charge in [-0.1, -0.05) is 52.3 Å². The van der Waals surface area contributed by atoms with Crippen LogP contribution >= 0.6 is 11.6 Å². The van der Waals surface area contributed by atoms with E-state index in [1.54, 1.807) is 18.2 Å². The van der Waals surface area contributed by atoms with Crippen molar-refractivity contribution >= 4 is 38.9 Å². The summed E-state index contributed by atoms with van der Waals surface area (Å²) in [6, 6.07) is 11.7. The Morgan fingerprint density at radius 3 is 2.24 bits per heavy atom. The summed E-state index contributed by atoms with van der Waals surface area (Å²) in [6.45, 7) is 12.1. The summed E-state index contributed by atoms with van der Waals surface area (Å²) >= 11 is 6.11. The zero-order chi connectivity index (χ0) is 25.8. The average molecular weight is 508 g/mol. The molecule has 0 saturated carbocycles. The number of amides is 1. The van der Waals surface area contributed by atoms with Crippen LogP contribution in [0.25, 0.3) is 0 Å². The first-order valence-electron chi connectivity index (χ1n) is 11.5. The number of hydrogen-bond donors (Lipinski definition) is 1. The maximum absolute atomic E-state index is 13.7. The Balaban J connectivity index is 2.51. The van der Waals surface area contributed by atoms with Crippen molar-refractivity contribution in [1.29, 1.82) is 0 Å². The first-order chi connectivity index (χ1) is 15.6. The first kappa shape index (κ1) is 28.1. The molecule has 188 valence electrons. The highest BCUT2D eigenvalue weighted by molar-refractivity contribution is 7.89. The van der Waals surface area contributed by atoms with Crippen molar-refractivity contribution in [1.82, 2.24) is 4.31 Å². The number of carbonyl (C=O) groups excluding carboxylic acids is 1. The summed E-state index contributed by atoms with van der Waals surface area (Å²) in [4.78, 5) is 14.6. The fourth-order valence-electron chi connectivity index (χ4n) is 3.62. The number of rotatable bonds is 9. The van der Waals surface area contributed by atoms with Gasteiger partial charge in [0.25, 0.3) is 0 Å². The number of nitrogens with one attached hydrogen (secondary N) is 1. The molecule has 0 aliphatic heterocycles. The Labute approximate surface area is 210 Å². The zero-order valence-corrected chi connectivity index (χ0v) is 23.1. The molecule has 34 heavy (non-hydrogen) atoms. The van der Waals surface area contributed by atoms with Gasteiger partial charge >= 0.3 is 0 Å². The van der Waals surface area contributed by atoms with Crippen LogP contribution in [0.1, 0.15) is 53.5 Å². The SMILES string of the molecule is CC(C)[C@H](C)N(Cc1cc(NC(=O)CC(C)(C)C)ccc1N(C)C)S(=O)(=O)c1cccc(Cl)c1. The third kappa shape index (κ3) is 7.45. The Kier molecular flexibility index (Phi) is 9.19. The molecule has 1 N–H and O–H groups in total. The van der Waals surface area contributed by atoms with Crippen molar-refractivity contribution in [3.05, 3.63) is 53.1 Å². The van der Waals surface area contributed by atoms with Gasteiger partial charge in [-0.05, 0) is 60.2 Å². The molecule has 0 spiro atoms. The van der Waals surface area contributed by atoms with E-state index < -0.39 is 10.0 Å². The highest BCUT2D eigenvalue weighted by Gasteiger charge is 2.32. The maximum Gasteiger partial charge on any atom is 0.243 e. The largest absolute Gasteiger partial charge is 0.377 e. The Morgan fingerprint density at radius 2 is 1.71 bits per heavy atom. The number of sulfonamides is 1. The van der Waals surface area contributed by atoms with Crippen LogP contribution in [-0.4, -0.2) is 38.8 Å². The van der Waals surface area contributed by atoms with Crippen molar-refractivity contribution in [2.45, 2.75) is 65.4 Å². The van der Waals surface area contributed by atoms with E-state index in [-0.39, 0.29) is 34.7 Å². The molecule has 2 aromatic rings. The Morgan fingerprint density at radius 1 is 1.06 bits per heavy atom. The number of hydrogen-bond acceptors (Lipinski definition) is 4. The standard InChI is InChI=1S/C26H38ClN3O3S/c1-18(2)19(3)30(34(32,33)23-11-9-10-21(27)15-23)17-20-14-22(12-13-24(20)29(7)8)28-25(31)16-26(4,5)6/h9-15,18-19H,16-17H2,1-8H3,(H,28,31)/t19-/m0/s1. The molecule has 1 atom stereocenters. The lowest BCUT2D eigenvalue weighted by Gasteiger charge is -2.32. The summed E-state index contributed by atoms with van der Waals surface area (Å²) in [7, 11) is 0.00473. The van der Waals surface area contributed by atoms with Gasteiger partial charge in [0.15, 0.2) is 0 Å². The minimum Gasteiger partial charge on any atom is -0.377 e. The molecule has 0 aromatic heterocycles. The molecule has 1 amide bonds. The van der Waals surface area contributed by atoms with Crippen molar-refractivity contribution in [2.24, 2.45) is 11.3 Å². The molecule has 0 heterocycles. The Hall–Kier alpha value is -2.09. The molecule has 8 heteroatoms. The lowest BCUT2D eigenvalue weighted by molar-refractivity contribution is -0.117. The van der Waals surface area contributed by atoms with Crippen LogP contribution < -0.4 is 10.2 Å². The predicted molar refractivity (Wildman–Crippen MR) is 142 cm³/mol. The second-order valence-corrected chi connectivity index (χ2v) is 12.8. The van der Waals surface area contributed by atoms with Crippen molar-refractivity contribution in [3.63, 3.8) is 0 Å². The zero-order valence-electron chi connectivity index (χ0n) is 21.5. The lowest BCUT2D eigenvalue weighted by atomic mass is 9.92. The minimum absolute atomic E-state index is 0.0741. The van der Waals surface area contributed by atoms with Crippen LogP contribution in [0.3, 0.4) is 0 Å². The van der Waals surface area contributed by atoms with E-state index in [1.165, 1.54) is 10.4 Å². The van der Waals surface area contributed by atoms with E-state index >= 15 is 0 Å². The van der Waals surface area contributed by atoms with E-state index in [2.05, 4.69) is 5.32 Å². The summed E-state index contributed by atoms with van der Waals surface area (Å²) in [5, 5.41) is 3.34. The summed E-state index contributed by atoms with van der Waals surface area (Å²) in [6.07, 6.45) is 0.386. The van der Waals surface area contributed by atoms with Gasteiger partial charge in [0.2, 0.25) is 15.9 Å². The smallest absolute Gasteiger partial charge is 0.243 e. The fourth-order valence-corrected chi connectivity index (χ4v) is 5.67. The van der Waals surface area contributed by atoms with Gasteiger partial charge < -0.3 is 10.2 Å². The van der Waals surface area contributed by atoms with E-state index in [9.17, 15) is 13.2 Å². The molecule has 0 aliphatic carbocycles. The van der Waals surface area contributed by atoms with Crippen LogP contribution in [0.2, 0.25) is 5.02 Å². The average Bonchev–Trinajstić information content (AvgIpc) is 2.69. The number of halogens is 1. The molecule has 0 bridgehead atoms. The van der Waals surface area contributed by atoms with E-state index in [0.717, 1.165) is 11.3 Å². The number of benzene rings is 2. The highest BCUT2D eigenvalue weighted by Crippen LogP contribution is 2.31. The number of carbonyl (C=O) groups is 1. The molecule has 6 nitrogen and oxygen atoms in total. The van der Waals surface area contributed by atoms with Crippen LogP contribution in [0.15, 0.2) is 47.4 Å². The fraction of sp³-hybridized carbons (Fsp3) is 0.500. The van der Waals surface area contributed by atoms with Gasteiger partial charge in [0, 0.05) is 49.5 Å². The van der Waals surface area contributed by atoms with Gasteiger partial charge in [-0.3, -0.25) is 4.79 Å². The second kappa shape index (κ2) is 11.1. The van der Waals surface area contributed by atoms with E-state index in [0.29, 0.717) is 17.1 Å². The number of anilines is 2. The van der Waals surface area contributed by atoms with Crippen LogP contribution in [0.4, 0.5) is 11.4 Å². The van der Waals surface area contributed by atoms with Crippen LogP contribution in [0.5, 0.6) is 0 Å². The first-order valence-corrected chi connectivity index (χ1v) is 13.3. The van der Waals surface area contributed by atoms with E-state index in [1.807, 2.05) is 78.7 Å². The molecule has 0 aliphatic rings. The van der Waals surface area contributed by atoms with Gasteiger partial charge in [0.05, 0.1) is 4.90 Å². The molecule has 0 fully saturated rings. The van der Waals surface area contributed by atoms with Gasteiger partial charge in [0.1, 0.15) is 0 Å². The van der Waals surface area contributed by atoms with Gasteiger partial charge in [-0.25, -0.2) is 8.42 Å². The predicted octanol–water partition coefficient (Wildman–Crippen LogP) is 6.02. The molecule has 2 aromatic carbocycles. The molecular formula is C26H38ClN3O3S. The number of nitrogens with zero attached hydrogens (tertiary/aromatic N) is 2. The molecule has 0 unspecified atom stereocenters. The molecule has 0 radical (unpaired) electrons. The topological polar surface area (TPSA) is 69.7 Å². The second-order valence-electron chi connectivity index (χ2n) is 10.5. The monoisotopic (exact) mass is 507 g/mol. The van der Waals surface area contributed by atoms with Crippen molar-refractivity contribution < 1.29 is 13.2 Å². The van der Waals surface area contributed by atoms with Crippen molar-refractivity contribution in [2.75, 3.05) is 24.3 Å². The molecule has 0 saturated heterocycles. The maximum atomic E-state index is 13.7. The van der Waals surface area contributed by atoms with Gasteiger partial charge in [-0.15, -0.1) is 0 Å². The van der Waals surface area contributed by atoms with Crippen LogP contribution in [0, 0.1) is 11.3 Å². The summed E-state index contributed by atoms with van der Waals surface area (Å²) in [5.74, 6) is 0.0152. The van der Waals surface area contributed by atoms with Crippen LogP contribution in [-0.2, 0) is 21.4 Å². The minimum atomic E-state index is -3.83. The van der Waals surface area contributed by atoms with Crippen molar-refractivity contribution in [3.8, 4) is 0 Å². The third-order valence-corrected chi connectivity index (χ3v) is 7.85. The van der Waals surface area contributed by atoms with E-state index in [4.69, 9.17) is 11.6 Å². The summed E-state index contributed by atoms with van der Waals surface area (Å²) < 4.78 is 29.0. The van der Waals surface area contributed by atoms with Gasteiger partial charge in [-0.2, -0.15) is 4.31 Å². The normalized spacial score (nSPS) is 13.3.